The molecule has 0 saturated heterocycles. The van der Waals surface area contributed by atoms with Crippen molar-refractivity contribution in [2.75, 3.05) is 46.5 Å². The minimum atomic E-state index is -1.34. The van der Waals surface area contributed by atoms with Gasteiger partial charge < -0.3 is 52.2 Å². The number of nitrogens with zero attached hydrogens (tertiary/aromatic N) is 2. The molecule has 0 unspecified atom stereocenters. The van der Waals surface area contributed by atoms with Gasteiger partial charge in [-0.25, -0.2) is 0 Å². The summed E-state index contributed by atoms with van der Waals surface area (Å²) in [6.07, 6.45) is 12.9. The predicted molar refractivity (Wildman–Crippen MR) is 233 cm³/mol. The Hall–Kier alpha value is -5.24. The maximum absolute atomic E-state index is 14.4. The fourth-order valence-corrected chi connectivity index (χ4v) is 7.33. The van der Waals surface area contributed by atoms with Crippen LogP contribution in [0.25, 0.3) is 11.1 Å². The molecule has 3 rings (SSSR count). The summed E-state index contributed by atoms with van der Waals surface area (Å²) >= 11 is 0. The highest BCUT2D eigenvalue weighted by Gasteiger charge is 2.36. The lowest BCUT2D eigenvalue weighted by atomic mass is 9.93. The van der Waals surface area contributed by atoms with Crippen molar-refractivity contribution in [2.24, 2.45) is 11.5 Å². The van der Waals surface area contributed by atoms with E-state index in [4.69, 9.17) is 26.2 Å². The van der Waals surface area contributed by atoms with Gasteiger partial charge in [-0.15, -0.1) is 0 Å². The van der Waals surface area contributed by atoms with Crippen LogP contribution in [0.4, 0.5) is 0 Å². The van der Waals surface area contributed by atoms with E-state index in [1.54, 1.807) is 36.4 Å². The van der Waals surface area contributed by atoms with E-state index in [0.717, 1.165) is 19.3 Å². The molecule has 1 aliphatic heterocycles. The second-order valence-electron chi connectivity index (χ2n) is 15.5. The third-order valence-electron chi connectivity index (χ3n) is 10.6. The average molecular weight is 849 g/mol. The van der Waals surface area contributed by atoms with Crippen LogP contribution in [0, 0.1) is 11.3 Å². The molecule has 2 aromatic carbocycles. The van der Waals surface area contributed by atoms with Crippen molar-refractivity contribution in [3.05, 3.63) is 47.5 Å². The van der Waals surface area contributed by atoms with E-state index in [0.29, 0.717) is 40.2 Å². The monoisotopic (exact) mass is 849 g/mol. The third kappa shape index (κ3) is 16.3. The fourth-order valence-electron chi connectivity index (χ4n) is 7.33. The third-order valence-corrected chi connectivity index (χ3v) is 10.6. The second kappa shape index (κ2) is 27.6. The van der Waals surface area contributed by atoms with Gasteiger partial charge in [-0.05, 0) is 61.7 Å². The Morgan fingerprint density at radius 3 is 2.13 bits per heavy atom. The van der Waals surface area contributed by atoms with Crippen molar-refractivity contribution in [3.8, 4) is 28.7 Å². The molecule has 0 radical (unpaired) electrons. The normalized spacial score (nSPS) is 16.8. The number of carbonyl (C=O) groups is 5. The average Bonchev–Trinajstić information content (AvgIpc) is 3.25. The van der Waals surface area contributed by atoms with Gasteiger partial charge in [-0.2, -0.15) is 5.26 Å². The minimum Gasteiger partial charge on any atom is -0.492 e. The summed E-state index contributed by atoms with van der Waals surface area (Å²) < 4.78 is 12.0. The number of likely N-dealkylation sites (N-methyl/N-ethyl adjacent to an activating group) is 1. The van der Waals surface area contributed by atoms with Gasteiger partial charge in [0.15, 0.2) is 0 Å². The van der Waals surface area contributed by atoms with Crippen molar-refractivity contribution in [3.63, 3.8) is 0 Å². The number of unbranched alkanes of at least 4 members (excludes halogenated alkanes) is 10. The Bertz CT molecular complexity index is 1770. The molecular formula is C45H68N8O8. The van der Waals surface area contributed by atoms with Crippen LogP contribution in [0.1, 0.15) is 114 Å². The number of fused-ring (bicyclic) bond motifs is 5. The zero-order valence-corrected chi connectivity index (χ0v) is 36.3. The summed E-state index contributed by atoms with van der Waals surface area (Å²) in [5.74, 6) is -2.14. The van der Waals surface area contributed by atoms with Crippen LogP contribution in [0.15, 0.2) is 36.4 Å². The standard InChI is InChI=1S/C45H68N8O8/c1-4-5-6-7-8-9-10-11-12-13-14-15-40(55)51-36(20-21-46)45(59)53(3)41-33-17-19-39(60-26-23-48)35(30-33)34-28-32(16-18-38(34)61-27-25-54)29-37(43(57)49-24-22-47)52-42(56)31(2)50-44(41)58/h16-19,28,30-31,36-37,41,54H,4-15,20-21,23-27,29,46,48H2,1-3H3,(H,49,57)(H,50,58)(H,51,55)(H,52,56)/t31-,36-,37-,41-/m0/s1. The topological polar surface area (TPSA) is 251 Å². The number of ether oxygens (including phenoxy) is 2. The number of rotatable bonds is 25. The van der Waals surface area contributed by atoms with E-state index >= 15 is 0 Å². The first-order chi connectivity index (χ1) is 29.5. The zero-order valence-electron chi connectivity index (χ0n) is 36.3. The Morgan fingerprint density at radius 1 is 0.885 bits per heavy atom. The largest absolute Gasteiger partial charge is 0.492 e. The summed E-state index contributed by atoms with van der Waals surface area (Å²) in [5.41, 5.74) is 13.6. The summed E-state index contributed by atoms with van der Waals surface area (Å²) in [6.45, 7) is 3.48. The van der Waals surface area contributed by atoms with Crippen LogP contribution in [-0.2, 0) is 30.4 Å². The smallest absolute Gasteiger partial charge is 0.248 e. The van der Waals surface area contributed by atoms with E-state index in [2.05, 4.69) is 28.2 Å². The number of nitrogens with two attached hydrogens (primary N) is 2. The van der Waals surface area contributed by atoms with E-state index in [1.165, 1.54) is 63.8 Å². The zero-order chi connectivity index (χ0) is 44.6. The first kappa shape index (κ1) is 50.1. The van der Waals surface area contributed by atoms with E-state index in [9.17, 15) is 29.1 Å². The predicted octanol–water partition coefficient (Wildman–Crippen LogP) is 3.28. The van der Waals surface area contributed by atoms with Crippen LogP contribution in [-0.4, -0.2) is 104 Å². The highest BCUT2D eigenvalue weighted by atomic mass is 16.5. The molecule has 2 aromatic rings. The second-order valence-corrected chi connectivity index (χ2v) is 15.5. The lowest BCUT2D eigenvalue weighted by Crippen LogP contribution is -2.56. The molecule has 16 nitrogen and oxygen atoms in total. The number of benzene rings is 2. The van der Waals surface area contributed by atoms with Gasteiger partial charge in [0.05, 0.1) is 12.7 Å². The number of hydrogen-bond acceptors (Lipinski definition) is 11. The van der Waals surface area contributed by atoms with Crippen molar-refractivity contribution in [2.45, 2.75) is 128 Å². The Kier molecular flexibility index (Phi) is 22.7. The highest BCUT2D eigenvalue weighted by Crippen LogP contribution is 2.40. The van der Waals surface area contributed by atoms with Crippen LogP contribution in [0.2, 0.25) is 0 Å². The van der Waals surface area contributed by atoms with Gasteiger partial charge in [0.25, 0.3) is 0 Å². The molecule has 61 heavy (non-hydrogen) atoms. The molecule has 0 aliphatic carbocycles. The summed E-state index contributed by atoms with van der Waals surface area (Å²) in [7, 11) is 1.45. The summed E-state index contributed by atoms with van der Waals surface area (Å²) in [5, 5.41) is 29.5. The molecule has 9 N–H and O–H groups in total. The van der Waals surface area contributed by atoms with Crippen molar-refractivity contribution < 1.29 is 38.6 Å². The van der Waals surface area contributed by atoms with Crippen molar-refractivity contribution in [1.82, 2.24) is 26.2 Å². The molecule has 4 atom stereocenters. The lowest BCUT2D eigenvalue weighted by Gasteiger charge is -2.32. The number of nitriles is 1. The molecule has 336 valence electrons. The van der Waals surface area contributed by atoms with Gasteiger partial charge >= 0.3 is 0 Å². The number of carbonyl (C=O) groups excluding carboxylic acids is 5. The molecule has 0 aromatic heterocycles. The molecule has 0 spiro atoms. The molecule has 0 fully saturated rings. The molecule has 5 amide bonds. The van der Waals surface area contributed by atoms with Gasteiger partial charge in [-0.1, -0.05) is 83.3 Å². The summed E-state index contributed by atoms with van der Waals surface area (Å²) in [6, 6.07) is 7.26. The number of nitrogens with one attached hydrogen (secondary N) is 4. The molecule has 16 heteroatoms. The Morgan fingerprint density at radius 2 is 1.51 bits per heavy atom. The first-order valence-electron chi connectivity index (χ1n) is 21.8. The molecule has 4 bridgehead atoms. The Labute approximate surface area is 360 Å². The number of aliphatic hydroxyl groups is 1. The maximum Gasteiger partial charge on any atom is 0.248 e. The minimum absolute atomic E-state index is 0.00298. The van der Waals surface area contributed by atoms with Crippen LogP contribution < -0.4 is 42.2 Å². The van der Waals surface area contributed by atoms with Gasteiger partial charge in [-0.3, -0.25) is 24.0 Å². The SMILES string of the molecule is CCCCCCCCCCCCCC(=O)N[C@@H](CCN)C(=O)N(C)[C@@H]1C(=O)N[C@@H](C)C(=O)N[C@H](C(=O)NCC#N)Cc2ccc(OCCO)c(c2)-c2cc1ccc2OCCN. The number of hydrogen-bond donors (Lipinski definition) is 7. The lowest BCUT2D eigenvalue weighted by molar-refractivity contribution is -0.143. The molecular weight excluding hydrogens is 781 g/mol. The molecule has 1 aliphatic rings. The van der Waals surface area contributed by atoms with Gasteiger partial charge in [0, 0.05) is 37.6 Å². The molecule has 1 heterocycles. The van der Waals surface area contributed by atoms with Crippen LogP contribution in [0.3, 0.4) is 0 Å². The number of amides is 5. The number of aliphatic hydroxyl groups excluding tert-OH is 1. The van der Waals surface area contributed by atoms with E-state index in [-0.39, 0.29) is 64.6 Å². The van der Waals surface area contributed by atoms with Crippen LogP contribution >= 0.6 is 0 Å². The van der Waals surface area contributed by atoms with Crippen molar-refractivity contribution in [1.29, 1.82) is 5.26 Å². The molecule has 0 saturated carbocycles. The van der Waals surface area contributed by atoms with E-state index < -0.39 is 47.8 Å². The van der Waals surface area contributed by atoms with Gasteiger partial charge in [0.1, 0.15) is 55.4 Å². The highest BCUT2D eigenvalue weighted by molar-refractivity contribution is 5.96. The summed E-state index contributed by atoms with van der Waals surface area (Å²) in [4.78, 5) is 70.1. The van der Waals surface area contributed by atoms with Crippen molar-refractivity contribution >= 4 is 29.5 Å². The van der Waals surface area contributed by atoms with Crippen LogP contribution in [0.5, 0.6) is 11.5 Å². The van der Waals surface area contributed by atoms with Gasteiger partial charge in [0.2, 0.25) is 29.5 Å². The maximum atomic E-state index is 14.4. The first-order valence-corrected chi connectivity index (χ1v) is 21.8. The Balaban J connectivity index is 1.98. The fraction of sp³-hybridized carbons (Fsp3) is 0.600. The quantitative estimate of drug-likeness (QED) is 0.0564. The van der Waals surface area contributed by atoms with E-state index in [1.807, 2.05) is 6.07 Å².